The Kier molecular flexibility index (Phi) is 7.96. The number of aromatic nitrogens is 2. The molecular formula is C32H35N3O4. The van der Waals surface area contributed by atoms with Crippen molar-refractivity contribution in [2.24, 2.45) is 0 Å². The first-order chi connectivity index (χ1) is 19.0. The van der Waals surface area contributed by atoms with Crippen LogP contribution in [0.4, 0.5) is 0 Å². The quantitative estimate of drug-likeness (QED) is 0.187. The third-order valence-electron chi connectivity index (χ3n) is 7.27. The van der Waals surface area contributed by atoms with Gasteiger partial charge in [-0.05, 0) is 86.6 Å². The van der Waals surface area contributed by atoms with E-state index in [1.165, 1.54) is 26.4 Å². The number of esters is 1. The predicted octanol–water partition coefficient (Wildman–Crippen LogP) is 7.04. The van der Waals surface area contributed by atoms with Crippen molar-refractivity contribution in [2.75, 3.05) is 13.7 Å². The molecule has 0 aliphatic heterocycles. The van der Waals surface area contributed by atoms with Crippen LogP contribution >= 0.6 is 0 Å². The fraction of sp³-hybridized carbons (Fsp3) is 0.344. The topological polar surface area (TPSA) is 86.4 Å². The minimum absolute atomic E-state index is 0.264. The van der Waals surface area contributed by atoms with E-state index in [9.17, 15) is 4.79 Å². The first kappa shape index (κ1) is 26.5. The van der Waals surface area contributed by atoms with Crippen LogP contribution in [-0.4, -0.2) is 41.1 Å². The molecule has 7 heteroatoms. The van der Waals surface area contributed by atoms with Crippen molar-refractivity contribution < 1.29 is 19.0 Å². The second-order valence-electron chi connectivity index (χ2n) is 9.99. The Balaban J connectivity index is 1.47. The van der Waals surface area contributed by atoms with Gasteiger partial charge in [0.05, 0.1) is 43.0 Å². The summed E-state index contributed by atoms with van der Waals surface area (Å²) in [5.74, 6) is 0.442. The molecule has 0 amide bonds. The zero-order valence-corrected chi connectivity index (χ0v) is 22.8. The Labute approximate surface area is 229 Å². The van der Waals surface area contributed by atoms with Gasteiger partial charge >= 0.3 is 5.97 Å². The maximum atomic E-state index is 12.5. The van der Waals surface area contributed by atoms with Crippen LogP contribution in [0, 0.1) is 5.41 Å². The number of carbonyl (C=O) groups excluding carboxylic acids is 1. The van der Waals surface area contributed by atoms with Gasteiger partial charge in [-0.25, -0.2) is 4.79 Å². The van der Waals surface area contributed by atoms with Crippen LogP contribution in [0.15, 0.2) is 60.7 Å². The van der Waals surface area contributed by atoms with Gasteiger partial charge in [0, 0.05) is 11.3 Å². The van der Waals surface area contributed by atoms with E-state index < -0.39 is 5.97 Å². The van der Waals surface area contributed by atoms with Crippen molar-refractivity contribution in [3.05, 3.63) is 77.4 Å². The molecule has 39 heavy (non-hydrogen) atoms. The molecule has 0 spiro atoms. The number of nitrogens with zero attached hydrogens (tertiary/aromatic N) is 2. The average Bonchev–Trinajstić information content (AvgIpc) is 3.30. The van der Waals surface area contributed by atoms with Gasteiger partial charge in [-0.3, -0.25) is 4.57 Å². The van der Waals surface area contributed by atoms with Crippen LogP contribution in [0.3, 0.4) is 0 Å². The van der Waals surface area contributed by atoms with Crippen LogP contribution in [0.1, 0.15) is 67.4 Å². The molecule has 1 fully saturated rings. The Bertz CT molecular complexity index is 1480. The Morgan fingerprint density at radius 3 is 2.49 bits per heavy atom. The van der Waals surface area contributed by atoms with Crippen LogP contribution in [0.25, 0.3) is 22.2 Å². The molecule has 3 aromatic carbocycles. The number of imidazole rings is 1. The maximum absolute atomic E-state index is 12.5. The number of carbonyl (C=O) groups is 1. The summed E-state index contributed by atoms with van der Waals surface area (Å²) in [5, 5.41) is 8.33. The molecule has 1 aliphatic rings. The lowest BCUT2D eigenvalue weighted by Crippen LogP contribution is -2.19. The van der Waals surface area contributed by atoms with Crippen molar-refractivity contribution >= 4 is 22.7 Å². The van der Waals surface area contributed by atoms with Gasteiger partial charge in [0.1, 0.15) is 5.75 Å². The zero-order valence-electron chi connectivity index (χ0n) is 22.8. The molecule has 7 nitrogen and oxygen atoms in total. The molecule has 1 N–H and O–H groups in total. The predicted molar refractivity (Wildman–Crippen MR) is 153 cm³/mol. The van der Waals surface area contributed by atoms with E-state index in [1.54, 1.807) is 12.1 Å². The van der Waals surface area contributed by atoms with Gasteiger partial charge in [-0.15, -0.1) is 0 Å². The van der Waals surface area contributed by atoms with Gasteiger partial charge in [0.15, 0.2) is 0 Å². The number of hydrogen-bond donors (Lipinski definition) is 1. The number of hydrogen-bond acceptors (Lipinski definition) is 6. The summed E-state index contributed by atoms with van der Waals surface area (Å²) in [6.07, 6.45) is 6.18. The number of ether oxygens (including phenoxy) is 3. The standard InChI is InChI=1S/C32H35N3O4/c1-4-38-32-34-29-12-8-11-27(31(36)37-3)30(29)35(32)20-22-13-15-23(16-14-22)28-19-25(17-18-26(28)21(2)33)39-24-9-6-5-7-10-24/h8,11-19,24,33H,4-7,9-10,20H2,1-3H3. The molecule has 1 heterocycles. The van der Waals surface area contributed by atoms with Crippen molar-refractivity contribution in [1.29, 1.82) is 5.41 Å². The number of benzene rings is 3. The summed E-state index contributed by atoms with van der Waals surface area (Å²) in [4.78, 5) is 17.1. The molecule has 0 saturated heterocycles. The lowest BCUT2D eigenvalue weighted by Gasteiger charge is -2.23. The highest BCUT2D eigenvalue weighted by atomic mass is 16.5. The summed E-state index contributed by atoms with van der Waals surface area (Å²) in [7, 11) is 1.38. The molecule has 1 aliphatic carbocycles. The lowest BCUT2D eigenvalue weighted by molar-refractivity contribution is 0.0602. The molecule has 0 bridgehead atoms. The van der Waals surface area contributed by atoms with Gasteiger partial charge < -0.3 is 19.6 Å². The smallest absolute Gasteiger partial charge is 0.340 e. The van der Waals surface area contributed by atoms with E-state index >= 15 is 0 Å². The number of para-hydroxylation sites is 1. The molecule has 0 atom stereocenters. The molecule has 202 valence electrons. The van der Waals surface area contributed by atoms with Gasteiger partial charge in [0.2, 0.25) is 0 Å². The monoisotopic (exact) mass is 525 g/mol. The second kappa shape index (κ2) is 11.7. The summed E-state index contributed by atoms with van der Waals surface area (Å²) in [5.41, 5.74) is 6.25. The van der Waals surface area contributed by atoms with E-state index in [4.69, 9.17) is 19.6 Å². The SMILES string of the molecule is CCOc1nc2cccc(C(=O)OC)c2n1Cc1ccc(-c2cc(OC3CCCCC3)ccc2C(C)=N)cc1. The highest BCUT2D eigenvalue weighted by Crippen LogP contribution is 2.32. The number of rotatable bonds is 9. The van der Waals surface area contributed by atoms with E-state index in [0.29, 0.717) is 41.5 Å². The molecule has 4 aromatic rings. The molecule has 1 aromatic heterocycles. The first-order valence-electron chi connectivity index (χ1n) is 13.6. The van der Waals surface area contributed by atoms with E-state index in [2.05, 4.69) is 35.3 Å². The van der Waals surface area contributed by atoms with E-state index in [-0.39, 0.29) is 6.10 Å². The minimum Gasteiger partial charge on any atom is -0.490 e. The summed E-state index contributed by atoms with van der Waals surface area (Å²) < 4.78 is 19.1. The third-order valence-corrected chi connectivity index (χ3v) is 7.27. The Morgan fingerprint density at radius 1 is 1.03 bits per heavy atom. The van der Waals surface area contributed by atoms with E-state index in [1.807, 2.05) is 36.6 Å². The number of nitrogens with one attached hydrogen (secondary N) is 1. The van der Waals surface area contributed by atoms with Gasteiger partial charge in [-0.2, -0.15) is 4.98 Å². The Hall–Kier alpha value is -4.13. The molecule has 0 radical (unpaired) electrons. The summed E-state index contributed by atoms with van der Waals surface area (Å²) in [6.45, 7) is 4.66. The van der Waals surface area contributed by atoms with Crippen LogP contribution in [-0.2, 0) is 11.3 Å². The van der Waals surface area contributed by atoms with Crippen molar-refractivity contribution in [1.82, 2.24) is 9.55 Å². The average molecular weight is 526 g/mol. The fourth-order valence-electron chi connectivity index (χ4n) is 5.34. The van der Waals surface area contributed by atoms with E-state index in [0.717, 1.165) is 40.8 Å². The van der Waals surface area contributed by atoms with Crippen molar-refractivity contribution in [3.63, 3.8) is 0 Å². The van der Waals surface area contributed by atoms with Crippen molar-refractivity contribution in [2.45, 2.75) is 58.6 Å². The second-order valence-corrected chi connectivity index (χ2v) is 9.99. The highest BCUT2D eigenvalue weighted by Gasteiger charge is 2.20. The van der Waals surface area contributed by atoms with Gasteiger partial charge in [-0.1, -0.05) is 36.8 Å². The normalized spacial score (nSPS) is 13.8. The molecule has 5 rings (SSSR count). The fourth-order valence-corrected chi connectivity index (χ4v) is 5.34. The number of fused-ring (bicyclic) bond motifs is 1. The first-order valence-corrected chi connectivity index (χ1v) is 13.6. The minimum atomic E-state index is -0.412. The van der Waals surface area contributed by atoms with Crippen LogP contribution in [0.2, 0.25) is 0 Å². The molecular weight excluding hydrogens is 490 g/mol. The van der Waals surface area contributed by atoms with Crippen molar-refractivity contribution in [3.8, 4) is 22.9 Å². The lowest BCUT2D eigenvalue weighted by atomic mass is 9.95. The Morgan fingerprint density at radius 2 is 1.79 bits per heavy atom. The third kappa shape index (κ3) is 5.67. The number of methoxy groups -OCH3 is 1. The maximum Gasteiger partial charge on any atom is 0.340 e. The highest BCUT2D eigenvalue weighted by molar-refractivity contribution is 6.03. The molecule has 1 saturated carbocycles. The summed E-state index contributed by atoms with van der Waals surface area (Å²) >= 11 is 0. The van der Waals surface area contributed by atoms with Crippen LogP contribution < -0.4 is 9.47 Å². The largest absolute Gasteiger partial charge is 0.490 e. The van der Waals surface area contributed by atoms with Crippen LogP contribution in [0.5, 0.6) is 11.8 Å². The summed E-state index contributed by atoms with van der Waals surface area (Å²) in [6, 6.07) is 20.2. The molecule has 0 unspecified atom stereocenters. The van der Waals surface area contributed by atoms with Gasteiger partial charge in [0.25, 0.3) is 6.01 Å². The zero-order chi connectivity index (χ0) is 27.4.